The van der Waals surface area contributed by atoms with Crippen LogP contribution in [0.15, 0.2) is 84.9 Å². The van der Waals surface area contributed by atoms with Gasteiger partial charge in [-0.15, -0.1) is 0 Å². The maximum atomic E-state index is 13.0. The summed E-state index contributed by atoms with van der Waals surface area (Å²) in [5.41, 5.74) is 3.09. The van der Waals surface area contributed by atoms with Gasteiger partial charge >= 0.3 is 0 Å². The van der Waals surface area contributed by atoms with Crippen LogP contribution >= 0.6 is 0 Å². The van der Waals surface area contributed by atoms with Crippen LogP contribution in [0.5, 0.6) is 5.75 Å². The van der Waals surface area contributed by atoms with Gasteiger partial charge in [0.25, 0.3) is 0 Å². The van der Waals surface area contributed by atoms with Crippen molar-refractivity contribution in [2.24, 2.45) is 5.92 Å². The van der Waals surface area contributed by atoms with Crippen LogP contribution in [0.25, 0.3) is 0 Å². The number of hydrogen-bond acceptors (Lipinski definition) is 3. The van der Waals surface area contributed by atoms with E-state index >= 15 is 0 Å². The molecule has 0 aliphatic rings. The molecule has 162 valence electrons. The minimum absolute atomic E-state index is 0.0513. The Morgan fingerprint density at radius 3 is 2.23 bits per heavy atom. The summed E-state index contributed by atoms with van der Waals surface area (Å²) in [6.07, 6.45) is 0.825. The Bertz CT molecular complexity index is 943. The highest BCUT2D eigenvalue weighted by molar-refractivity contribution is 5.80. The third-order valence-corrected chi connectivity index (χ3v) is 5.69. The molecule has 1 amide bonds. The van der Waals surface area contributed by atoms with E-state index in [2.05, 4.69) is 12.2 Å². The predicted octanol–water partition coefficient (Wildman–Crippen LogP) is 5.25. The van der Waals surface area contributed by atoms with Gasteiger partial charge in [-0.2, -0.15) is 0 Å². The van der Waals surface area contributed by atoms with E-state index < -0.39 is 6.04 Å². The molecule has 4 nitrogen and oxygen atoms in total. The molecular formula is C27H31NO3. The van der Waals surface area contributed by atoms with E-state index in [9.17, 15) is 9.90 Å². The van der Waals surface area contributed by atoms with Crippen molar-refractivity contribution >= 4 is 5.91 Å². The van der Waals surface area contributed by atoms with Gasteiger partial charge < -0.3 is 15.2 Å². The molecule has 3 aromatic rings. The van der Waals surface area contributed by atoms with Gasteiger partial charge in [-0.05, 0) is 41.2 Å². The lowest BCUT2D eigenvalue weighted by molar-refractivity contribution is -0.126. The summed E-state index contributed by atoms with van der Waals surface area (Å²) in [5, 5.41) is 12.8. The fourth-order valence-corrected chi connectivity index (χ4v) is 3.86. The Balaban J connectivity index is 1.68. The number of nitrogens with one attached hydrogen (secondary N) is 1. The van der Waals surface area contributed by atoms with Gasteiger partial charge in [0.1, 0.15) is 12.4 Å². The molecule has 0 spiro atoms. The van der Waals surface area contributed by atoms with Gasteiger partial charge in [0.2, 0.25) is 5.91 Å². The lowest BCUT2D eigenvalue weighted by Gasteiger charge is -2.25. The summed E-state index contributed by atoms with van der Waals surface area (Å²) in [6, 6.07) is 27.2. The highest BCUT2D eigenvalue weighted by Gasteiger charge is 2.26. The van der Waals surface area contributed by atoms with Crippen molar-refractivity contribution in [1.82, 2.24) is 5.32 Å². The van der Waals surface area contributed by atoms with Crippen LogP contribution in [0.3, 0.4) is 0 Å². The number of rotatable bonds is 10. The van der Waals surface area contributed by atoms with Crippen molar-refractivity contribution < 1.29 is 14.6 Å². The number of benzene rings is 3. The number of hydrogen-bond donors (Lipinski definition) is 2. The van der Waals surface area contributed by atoms with Crippen molar-refractivity contribution in [3.05, 3.63) is 102 Å². The molecule has 0 aliphatic carbocycles. The van der Waals surface area contributed by atoms with Crippen LogP contribution < -0.4 is 10.1 Å². The van der Waals surface area contributed by atoms with Gasteiger partial charge in [0.05, 0.1) is 12.6 Å². The summed E-state index contributed by atoms with van der Waals surface area (Å²) in [4.78, 5) is 13.0. The second-order valence-electron chi connectivity index (χ2n) is 7.80. The lowest BCUT2D eigenvalue weighted by Crippen LogP contribution is -2.36. The molecule has 0 bridgehead atoms. The molecule has 3 aromatic carbocycles. The second kappa shape index (κ2) is 11.3. The van der Waals surface area contributed by atoms with E-state index in [1.54, 1.807) is 0 Å². The molecule has 0 heterocycles. The Kier molecular flexibility index (Phi) is 8.25. The zero-order chi connectivity index (χ0) is 22.1. The van der Waals surface area contributed by atoms with E-state index in [-0.39, 0.29) is 24.3 Å². The SMILES string of the molecule is CCC(c1cccc(OCc2ccccc2)c1)C(C)C(=O)NC(CO)c1ccccc1. The maximum absolute atomic E-state index is 13.0. The van der Waals surface area contributed by atoms with Crippen molar-refractivity contribution in [3.8, 4) is 5.75 Å². The third kappa shape index (κ3) is 6.19. The van der Waals surface area contributed by atoms with Crippen LogP contribution in [0.1, 0.15) is 48.9 Å². The maximum Gasteiger partial charge on any atom is 0.224 e. The summed E-state index contributed by atoms with van der Waals surface area (Å²) in [7, 11) is 0. The zero-order valence-electron chi connectivity index (χ0n) is 18.2. The molecule has 0 saturated carbocycles. The van der Waals surface area contributed by atoms with Crippen LogP contribution in [-0.2, 0) is 11.4 Å². The average molecular weight is 418 g/mol. The van der Waals surface area contributed by atoms with E-state index in [1.807, 2.05) is 91.9 Å². The van der Waals surface area contributed by atoms with E-state index in [1.165, 1.54) is 0 Å². The molecule has 31 heavy (non-hydrogen) atoms. The van der Waals surface area contributed by atoms with Gasteiger partial charge in [0, 0.05) is 5.92 Å². The first kappa shape index (κ1) is 22.6. The standard InChI is InChI=1S/C27H31NO3/c1-3-25(20(2)27(30)28-26(18-29)22-13-8-5-9-14-22)23-15-10-16-24(17-23)31-19-21-11-6-4-7-12-21/h4-17,20,25-26,29H,3,18-19H2,1-2H3,(H,28,30). The molecule has 2 N–H and O–H groups in total. The molecule has 0 aromatic heterocycles. The number of ether oxygens (including phenoxy) is 1. The quantitative estimate of drug-likeness (QED) is 0.474. The number of carbonyl (C=O) groups excluding carboxylic acids is 1. The monoisotopic (exact) mass is 417 g/mol. The molecular weight excluding hydrogens is 386 g/mol. The minimum Gasteiger partial charge on any atom is -0.489 e. The zero-order valence-corrected chi connectivity index (χ0v) is 18.2. The number of aliphatic hydroxyl groups is 1. The first-order valence-corrected chi connectivity index (χ1v) is 10.8. The molecule has 3 rings (SSSR count). The average Bonchev–Trinajstić information content (AvgIpc) is 2.83. The van der Waals surface area contributed by atoms with Crippen LogP contribution in [0.2, 0.25) is 0 Å². The molecule has 0 aliphatic heterocycles. The lowest BCUT2D eigenvalue weighted by atomic mass is 9.84. The number of aliphatic hydroxyl groups excluding tert-OH is 1. The van der Waals surface area contributed by atoms with Crippen LogP contribution in [0.4, 0.5) is 0 Å². The van der Waals surface area contributed by atoms with Gasteiger partial charge in [0.15, 0.2) is 0 Å². The molecule has 0 saturated heterocycles. The van der Waals surface area contributed by atoms with Crippen molar-refractivity contribution in [2.75, 3.05) is 6.61 Å². The van der Waals surface area contributed by atoms with Crippen molar-refractivity contribution in [3.63, 3.8) is 0 Å². The summed E-state index contributed by atoms with van der Waals surface area (Å²) < 4.78 is 5.97. The predicted molar refractivity (Wildman–Crippen MR) is 124 cm³/mol. The van der Waals surface area contributed by atoms with Gasteiger partial charge in [-0.3, -0.25) is 4.79 Å². The van der Waals surface area contributed by atoms with E-state index in [0.717, 1.165) is 28.9 Å². The minimum atomic E-state index is -0.408. The Hall–Kier alpha value is -3.11. The summed E-state index contributed by atoms with van der Waals surface area (Å²) in [6.45, 7) is 4.40. The normalized spacial score (nSPS) is 13.8. The largest absolute Gasteiger partial charge is 0.489 e. The summed E-state index contributed by atoms with van der Waals surface area (Å²) in [5.74, 6) is 0.540. The molecule has 4 heteroatoms. The van der Waals surface area contributed by atoms with Crippen LogP contribution in [-0.4, -0.2) is 17.6 Å². The Labute approximate surface area is 184 Å². The second-order valence-corrected chi connectivity index (χ2v) is 7.80. The fraction of sp³-hybridized carbons (Fsp3) is 0.296. The van der Waals surface area contributed by atoms with E-state index in [0.29, 0.717) is 6.61 Å². The van der Waals surface area contributed by atoms with Gasteiger partial charge in [-0.1, -0.05) is 86.6 Å². The molecule has 3 atom stereocenters. The topological polar surface area (TPSA) is 58.6 Å². The number of carbonyl (C=O) groups is 1. The fourth-order valence-electron chi connectivity index (χ4n) is 3.86. The molecule has 3 unspecified atom stereocenters. The van der Waals surface area contributed by atoms with E-state index in [4.69, 9.17) is 4.74 Å². The summed E-state index contributed by atoms with van der Waals surface area (Å²) >= 11 is 0. The smallest absolute Gasteiger partial charge is 0.224 e. The Morgan fingerprint density at radius 2 is 1.58 bits per heavy atom. The Morgan fingerprint density at radius 1 is 0.935 bits per heavy atom. The first-order valence-electron chi connectivity index (χ1n) is 10.8. The van der Waals surface area contributed by atoms with Crippen molar-refractivity contribution in [1.29, 1.82) is 0 Å². The third-order valence-electron chi connectivity index (χ3n) is 5.69. The number of amides is 1. The van der Waals surface area contributed by atoms with Crippen molar-refractivity contribution in [2.45, 2.75) is 38.8 Å². The highest BCUT2D eigenvalue weighted by atomic mass is 16.5. The van der Waals surface area contributed by atoms with Gasteiger partial charge in [-0.25, -0.2) is 0 Å². The first-order chi connectivity index (χ1) is 15.1. The highest BCUT2D eigenvalue weighted by Crippen LogP contribution is 2.31. The molecule has 0 fully saturated rings. The molecule has 0 radical (unpaired) electrons. The van der Waals surface area contributed by atoms with Crippen LogP contribution in [0, 0.1) is 5.92 Å².